The van der Waals surface area contributed by atoms with E-state index < -0.39 is 124 Å². The summed E-state index contributed by atoms with van der Waals surface area (Å²) < 4.78 is 34.5. The predicted molar refractivity (Wildman–Crippen MR) is 388 cm³/mol. The Balaban J connectivity index is 1.36. The van der Waals surface area contributed by atoms with Gasteiger partial charge in [-0.1, -0.05) is 314 Å². The molecule has 0 spiro atoms. The van der Waals surface area contributed by atoms with Gasteiger partial charge in [0.1, 0.15) is 73.2 Å². The van der Waals surface area contributed by atoms with Crippen LogP contribution in [-0.2, 0) is 33.2 Å². The molecule has 0 saturated carbocycles. The summed E-state index contributed by atoms with van der Waals surface area (Å²) in [4.78, 5) is 13.5. The molecule has 12 N–H and O–H groups in total. The van der Waals surface area contributed by atoms with Crippen molar-refractivity contribution >= 4 is 5.91 Å². The second kappa shape index (κ2) is 60.5. The Morgan fingerprint density at radius 3 is 1.04 bits per heavy atom. The zero-order chi connectivity index (χ0) is 71.1. The lowest BCUT2D eigenvalue weighted by atomic mass is 9.96. The Kier molecular flexibility index (Phi) is 55.9. The first-order valence-corrected chi connectivity index (χ1v) is 40.6. The third kappa shape index (κ3) is 40.5. The smallest absolute Gasteiger partial charge is 0.220 e. The number of aliphatic hydroxyl groups excluding tert-OH is 11. The second-order valence-corrected chi connectivity index (χ2v) is 29.2. The van der Waals surface area contributed by atoms with Crippen LogP contribution in [0, 0.1) is 0 Å². The fourth-order valence-corrected chi connectivity index (χ4v) is 14.0. The van der Waals surface area contributed by atoms with Gasteiger partial charge >= 0.3 is 0 Å². The monoisotopic (exact) mass is 1400 g/mol. The molecule has 0 aliphatic carbocycles. The maximum absolute atomic E-state index is 13.5. The van der Waals surface area contributed by atoms with Gasteiger partial charge in [0, 0.05) is 6.42 Å². The highest BCUT2D eigenvalue weighted by atomic mass is 16.8. The molecule has 17 atom stereocenters. The van der Waals surface area contributed by atoms with E-state index >= 15 is 0 Å². The molecular weight excluding hydrogens is 1250 g/mol. The van der Waals surface area contributed by atoms with Crippen molar-refractivity contribution in [3.63, 3.8) is 0 Å². The molecule has 3 aliphatic rings. The zero-order valence-electron chi connectivity index (χ0n) is 61.8. The summed E-state index contributed by atoms with van der Waals surface area (Å²) in [6, 6.07) is -0.887. The van der Waals surface area contributed by atoms with Crippen molar-refractivity contribution in [2.45, 2.75) is 446 Å². The minimum absolute atomic E-state index is 0.236. The lowest BCUT2D eigenvalue weighted by Crippen LogP contribution is -2.66. The highest BCUT2D eigenvalue weighted by Crippen LogP contribution is 2.33. The quantitative estimate of drug-likeness (QED) is 0.0199. The van der Waals surface area contributed by atoms with Gasteiger partial charge in [-0.2, -0.15) is 0 Å². The van der Waals surface area contributed by atoms with Gasteiger partial charge in [0.2, 0.25) is 5.91 Å². The van der Waals surface area contributed by atoms with Crippen LogP contribution < -0.4 is 5.32 Å². The number of hydrogen-bond acceptors (Lipinski definition) is 18. The van der Waals surface area contributed by atoms with Crippen molar-refractivity contribution < 1.29 is 89.4 Å². The van der Waals surface area contributed by atoms with E-state index in [0.29, 0.717) is 12.8 Å². The summed E-state index contributed by atoms with van der Waals surface area (Å²) >= 11 is 0. The number of amides is 1. The van der Waals surface area contributed by atoms with E-state index in [1.54, 1.807) is 0 Å². The van der Waals surface area contributed by atoms with Crippen molar-refractivity contribution in [3.8, 4) is 0 Å². The minimum Gasteiger partial charge on any atom is -0.394 e. The first-order valence-electron chi connectivity index (χ1n) is 40.6. The van der Waals surface area contributed by atoms with E-state index in [1.165, 1.54) is 257 Å². The third-order valence-corrected chi connectivity index (χ3v) is 20.5. The number of allylic oxidation sites excluding steroid dienone is 4. The highest BCUT2D eigenvalue weighted by molar-refractivity contribution is 5.76. The van der Waals surface area contributed by atoms with Gasteiger partial charge in [0.25, 0.3) is 0 Å². The van der Waals surface area contributed by atoms with Crippen LogP contribution in [0.4, 0.5) is 0 Å². The molecule has 3 aliphatic heterocycles. The standard InChI is InChI=1S/C79H149NO18/c1-3-5-7-9-11-13-15-17-19-21-23-25-27-29-30-31-32-33-35-37-39-41-43-45-47-49-51-53-55-57-67(85)80-62(63(84)56-54-52-50-48-46-44-42-40-38-36-34-28-26-24-22-20-18-16-14-12-10-8-6-4-2)61-93-77-73(91)70(88)75(65(59-82)95-77)98-79-74(92)71(89)76(66(60-83)96-79)97-78-72(90)69(87)68(86)64(58-81)94-78/h15,17,21,23,62-66,68-79,81-84,86-92H,3-14,16,18-20,22,24-61H2,1-2H3,(H,80,85)/b17-15-,23-21-. The summed E-state index contributed by atoms with van der Waals surface area (Å²) in [6.07, 6.45) is 45.5. The first-order chi connectivity index (χ1) is 47.8. The zero-order valence-corrected chi connectivity index (χ0v) is 61.8. The molecule has 0 bridgehead atoms. The summed E-state index contributed by atoms with van der Waals surface area (Å²) in [7, 11) is 0. The number of hydrogen-bond donors (Lipinski definition) is 12. The van der Waals surface area contributed by atoms with Crippen LogP contribution in [0.25, 0.3) is 0 Å². The maximum Gasteiger partial charge on any atom is 0.220 e. The Labute approximate surface area is 594 Å². The van der Waals surface area contributed by atoms with E-state index in [-0.39, 0.29) is 18.9 Å². The van der Waals surface area contributed by atoms with E-state index in [0.717, 1.165) is 51.4 Å². The molecule has 3 heterocycles. The molecule has 3 fully saturated rings. The Morgan fingerprint density at radius 1 is 0.367 bits per heavy atom. The first kappa shape index (κ1) is 90.5. The number of aliphatic hydroxyl groups is 11. The van der Waals surface area contributed by atoms with Gasteiger partial charge in [-0.25, -0.2) is 0 Å². The molecule has 0 aromatic rings. The molecule has 3 saturated heterocycles. The van der Waals surface area contributed by atoms with E-state index in [1.807, 2.05) is 0 Å². The van der Waals surface area contributed by atoms with Crippen molar-refractivity contribution in [2.75, 3.05) is 26.4 Å². The predicted octanol–water partition coefficient (Wildman–Crippen LogP) is 13.3. The van der Waals surface area contributed by atoms with Crippen LogP contribution in [0.5, 0.6) is 0 Å². The van der Waals surface area contributed by atoms with E-state index in [9.17, 15) is 61.0 Å². The molecule has 98 heavy (non-hydrogen) atoms. The third-order valence-electron chi connectivity index (χ3n) is 20.5. The van der Waals surface area contributed by atoms with Crippen LogP contribution in [0.2, 0.25) is 0 Å². The lowest BCUT2D eigenvalue weighted by Gasteiger charge is -2.48. The normalized spacial score (nSPS) is 26.8. The SMILES string of the molecule is CCCCCCC/C=C\C/C=C\CCCCCCCCCCCCCCCCCCCC(=O)NC(COC1OC(CO)C(OC2OC(CO)C(OC3OC(CO)C(O)C(O)C3O)C(O)C2O)C(O)C1O)C(O)CCCCCCCCCCCCCCCCCCCCCCCCCC. The molecule has 0 radical (unpaired) electrons. The largest absolute Gasteiger partial charge is 0.394 e. The van der Waals surface area contributed by atoms with Gasteiger partial charge in [-0.15, -0.1) is 0 Å². The van der Waals surface area contributed by atoms with Gasteiger partial charge in [-0.05, 0) is 44.9 Å². The van der Waals surface area contributed by atoms with Gasteiger partial charge in [-0.3, -0.25) is 4.79 Å². The number of rotatable bonds is 65. The second-order valence-electron chi connectivity index (χ2n) is 29.2. The Morgan fingerprint density at radius 2 is 0.673 bits per heavy atom. The van der Waals surface area contributed by atoms with Crippen molar-refractivity contribution in [3.05, 3.63) is 24.3 Å². The maximum atomic E-state index is 13.5. The minimum atomic E-state index is -1.97. The topological polar surface area (TPSA) is 307 Å². The Hall–Kier alpha value is -1.73. The molecule has 19 nitrogen and oxygen atoms in total. The van der Waals surface area contributed by atoms with Gasteiger partial charge < -0.3 is 89.9 Å². The highest BCUT2D eigenvalue weighted by Gasteiger charge is 2.54. The van der Waals surface area contributed by atoms with Crippen LogP contribution in [0.3, 0.4) is 0 Å². The Bertz CT molecular complexity index is 1870. The molecule has 19 heteroatoms. The molecule has 3 rings (SSSR count). The van der Waals surface area contributed by atoms with E-state index in [4.69, 9.17) is 28.4 Å². The van der Waals surface area contributed by atoms with Crippen molar-refractivity contribution in [1.82, 2.24) is 5.32 Å². The number of unbranched alkanes of at least 4 members (excludes halogenated alkanes) is 45. The fourth-order valence-electron chi connectivity index (χ4n) is 14.0. The van der Waals surface area contributed by atoms with Crippen LogP contribution in [0.15, 0.2) is 24.3 Å². The number of carbonyl (C=O) groups excluding carboxylic acids is 1. The van der Waals surface area contributed by atoms with Crippen LogP contribution in [0.1, 0.15) is 341 Å². The molecule has 0 aromatic carbocycles. The number of nitrogens with one attached hydrogen (secondary N) is 1. The molecule has 1 amide bonds. The number of carbonyl (C=O) groups is 1. The summed E-state index contributed by atoms with van der Waals surface area (Å²) in [5.74, 6) is -0.236. The van der Waals surface area contributed by atoms with Crippen molar-refractivity contribution in [2.24, 2.45) is 0 Å². The average molecular weight is 1400 g/mol. The molecule has 578 valence electrons. The number of ether oxygens (including phenoxy) is 6. The average Bonchev–Trinajstić information content (AvgIpc) is 0.784. The summed E-state index contributed by atoms with van der Waals surface area (Å²) in [6.45, 7) is 1.85. The molecule has 17 unspecified atom stereocenters. The van der Waals surface area contributed by atoms with E-state index in [2.05, 4.69) is 43.5 Å². The van der Waals surface area contributed by atoms with Crippen LogP contribution in [-0.4, -0.2) is 193 Å². The van der Waals surface area contributed by atoms with Gasteiger partial charge in [0.15, 0.2) is 18.9 Å². The fraction of sp³-hybridized carbons (Fsp3) is 0.937. The lowest BCUT2D eigenvalue weighted by molar-refractivity contribution is -0.379. The van der Waals surface area contributed by atoms with Crippen molar-refractivity contribution in [1.29, 1.82) is 0 Å². The van der Waals surface area contributed by atoms with Crippen LogP contribution >= 0.6 is 0 Å². The molecular formula is C79H149NO18. The summed E-state index contributed by atoms with van der Waals surface area (Å²) in [5.41, 5.74) is 0. The summed E-state index contributed by atoms with van der Waals surface area (Å²) in [5, 5.41) is 121. The van der Waals surface area contributed by atoms with Gasteiger partial charge in [0.05, 0.1) is 38.6 Å². The molecule has 0 aromatic heterocycles.